The Kier molecular flexibility index (Phi) is 3.01. The zero-order chi connectivity index (χ0) is 14.6. The fourth-order valence-corrected chi connectivity index (χ4v) is 3.78. The largest absolute Gasteiger partial charge is 0.460 e. The summed E-state index contributed by atoms with van der Waals surface area (Å²) in [4.78, 5) is 14.3. The minimum Gasteiger partial charge on any atom is -0.460 e. The molecule has 6 atom stereocenters. The number of carbonyl (C=O) groups excluding carboxylic acids is 1. The molecule has 2 unspecified atom stereocenters. The van der Waals surface area contributed by atoms with Gasteiger partial charge in [0.05, 0.1) is 0 Å². The van der Waals surface area contributed by atoms with Crippen molar-refractivity contribution in [1.29, 1.82) is 0 Å². The smallest absolute Gasteiger partial charge is 0.345 e. The number of ether oxygens (including phenoxy) is 2. The van der Waals surface area contributed by atoms with Crippen molar-refractivity contribution in [1.82, 2.24) is 4.90 Å². The quantitative estimate of drug-likeness (QED) is 0.629. The highest BCUT2D eigenvalue weighted by atomic mass is 19.1. The van der Waals surface area contributed by atoms with Crippen LogP contribution in [-0.4, -0.2) is 48.3 Å². The number of carbonyl (C=O) groups is 1. The molecule has 3 heterocycles. The minimum atomic E-state index is -1.70. The van der Waals surface area contributed by atoms with Crippen LogP contribution in [0.15, 0.2) is 30.3 Å². The van der Waals surface area contributed by atoms with Gasteiger partial charge in [-0.2, -0.15) is 0 Å². The lowest BCUT2D eigenvalue weighted by Gasteiger charge is -2.37. The molecule has 2 bridgehead atoms. The van der Waals surface area contributed by atoms with Crippen molar-refractivity contribution in [3.8, 4) is 0 Å². The van der Waals surface area contributed by atoms with E-state index in [1.54, 1.807) is 30.3 Å². The monoisotopic (exact) mass is 291 g/mol. The molecular formula is C16H18FNO3. The maximum absolute atomic E-state index is 14.1. The average molecular weight is 291 g/mol. The summed E-state index contributed by atoms with van der Waals surface area (Å²) >= 11 is 0. The number of piperidine rings is 1. The molecule has 4 rings (SSSR count). The molecule has 112 valence electrons. The van der Waals surface area contributed by atoms with Crippen LogP contribution in [0.5, 0.6) is 0 Å². The third kappa shape index (κ3) is 2.15. The summed E-state index contributed by atoms with van der Waals surface area (Å²) in [5.41, 5.74) is 0.351. The second-order valence-corrected chi connectivity index (χ2v) is 6.17. The summed E-state index contributed by atoms with van der Waals surface area (Å²) in [5, 5.41) is 0. The lowest BCUT2D eigenvalue weighted by atomic mass is 9.99. The SMILES string of the molecule is CN1[C@@H]2CC(OC(=O)C(F)c3ccccc3)C[C@H]1[C@@H]1O[C@@H]12. The van der Waals surface area contributed by atoms with Crippen molar-refractivity contribution >= 4 is 5.97 Å². The summed E-state index contributed by atoms with van der Waals surface area (Å²) < 4.78 is 25.2. The van der Waals surface area contributed by atoms with Gasteiger partial charge in [-0.15, -0.1) is 0 Å². The molecule has 0 N–H and O–H groups in total. The second-order valence-electron chi connectivity index (χ2n) is 6.17. The van der Waals surface area contributed by atoms with Crippen LogP contribution in [0.4, 0.5) is 4.39 Å². The predicted octanol–water partition coefficient (Wildman–Crippen LogP) is 1.85. The molecule has 0 aliphatic carbocycles. The van der Waals surface area contributed by atoms with Gasteiger partial charge >= 0.3 is 5.97 Å². The number of benzene rings is 1. The zero-order valence-corrected chi connectivity index (χ0v) is 11.8. The summed E-state index contributed by atoms with van der Waals surface area (Å²) in [6, 6.07) is 9.05. The Labute approximate surface area is 122 Å². The van der Waals surface area contributed by atoms with Gasteiger partial charge in [0.2, 0.25) is 6.17 Å². The van der Waals surface area contributed by atoms with Crippen LogP contribution < -0.4 is 0 Å². The molecule has 3 aliphatic heterocycles. The maximum atomic E-state index is 14.1. The van der Waals surface area contributed by atoms with Gasteiger partial charge in [0.25, 0.3) is 0 Å². The highest BCUT2D eigenvalue weighted by molar-refractivity contribution is 5.76. The molecule has 0 saturated carbocycles. The third-order valence-electron chi connectivity index (χ3n) is 4.96. The van der Waals surface area contributed by atoms with Crippen LogP contribution in [0, 0.1) is 0 Å². The molecule has 0 radical (unpaired) electrons. The normalized spacial score (nSPS) is 38.7. The number of hydrogen-bond acceptors (Lipinski definition) is 4. The van der Waals surface area contributed by atoms with Gasteiger partial charge in [0, 0.05) is 24.9 Å². The van der Waals surface area contributed by atoms with Gasteiger partial charge in [-0.25, -0.2) is 9.18 Å². The van der Waals surface area contributed by atoms with E-state index in [-0.39, 0.29) is 6.10 Å². The van der Waals surface area contributed by atoms with Gasteiger partial charge in [-0.1, -0.05) is 30.3 Å². The first-order valence-corrected chi connectivity index (χ1v) is 7.42. The Morgan fingerprint density at radius 2 is 1.90 bits per heavy atom. The van der Waals surface area contributed by atoms with E-state index >= 15 is 0 Å². The van der Waals surface area contributed by atoms with E-state index in [1.807, 2.05) is 0 Å². The fourth-order valence-electron chi connectivity index (χ4n) is 3.78. The number of morpholine rings is 1. The Morgan fingerprint density at radius 3 is 2.52 bits per heavy atom. The molecule has 0 aromatic heterocycles. The van der Waals surface area contributed by atoms with Crippen molar-refractivity contribution < 1.29 is 18.7 Å². The number of hydrogen-bond donors (Lipinski definition) is 0. The van der Waals surface area contributed by atoms with Gasteiger partial charge in [0.15, 0.2) is 0 Å². The first-order valence-electron chi connectivity index (χ1n) is 7.42. The number of alkyl halides is 1. The molecule has 3 fully saturated rings. The van der Waals surface area contributed by atoms with Crippen LogP contribution in [0.25, 0.3) is 0 Å². The standard InChI is InChI=1S/C16H18FNO3/c1-18-11-7-10(8-12(18)15-14(11)21-15)20-16(19)13(17)9-5-3-2-4-6-9/h2-6,10-15H,7-8H2,1H3/t10?,11-,12+,13?,14-,15+. The van der Waals surface area contributed by atoms with E-state index in [1.165, 1.54) is 0 Å². The number of likely N-dealkylation sites (N-methyl/N-ethyl adjacent to an activating group) is 1. The number of halogens is 1. The first kappa shape index (κ1) is 13.2. The molecule has 0 amide bonds. The maximum Gasteiger partial charge on any atom is 0.345 e. The van der Waals surface area contributed by atoms with Crippen molar-refractivity contribution in [2.24, 2.45) is 0 Å². The fraction of sp³-hybridized carbons (Fsp3) is 0.562. The third-order valence-corrected chi connectivity index (χ3v) is 4.96. The summed E-state index contributed by atoms with van der Waals surface area (Å²) in [7, 11) is 2.09. The Balaban J connectivity index is 1.40. The van der Waals surface area contributed by atoms with Crippen molar-refractivity contribution in [2.45, 2.75) is 49.4 Å². The number of fused-ring (bicyclic) bond motifs is 5. The van der Waals surface area contributed by atoms with E-state index in [9.17, 15) is 9.18 Å². The van der Waals surface area contributed by atoms with Gasteiger partial charge in [0.1, 0.15) is 18.3 Å². The first-order chi connectivity index (χ1) is 10.1. The van der Waals surface area contributed by atoms with Crippen LogP contribution >= 0.6 is 0 Å². The van der Waals surface area contributed by atoms with Crippen LogP contribution in [-0.2, 0) is 14.3 Å². The van der Waals surface area contributed by atoms with E-state index in [0.29, 0.717) is 29.9 Å². The van der Waals surface area contributed by atoms with E-state index in [0.717, 1.165) is 12.8 Å². The van der Waals surface area contributed by atoms with E-state index in [4.69, 9.17) is 9.47 Å². The van der Waals surface area contributed by atoms with E-state index in [2.05, 4.69) is 11.9 Å². The Morgan fingerprint density at radius 1 is 1.29 bits per heavy atom. The van der Waals surface area contributed by atoms with Crippen molar-refractivity contribution in [2.75, 3.05) is 7.05 Å². The minimum absolute atomic E-state index is 0.193. The summed E-state index contributed by atoms with van der Waals surface area (Å²) in [6.07, 6.45) is 0.164. The van der Waals surface area contributed by atoms with E-state index < -0.39 is 12.1 Å². The number of esters is 1. The molecule has 3 saturated heterocycles. The zero-order valence-electron chi connectivity index (χ0n) is 11.8. The topological polar surface area (TPSA) is 42.1 Å². The predicted molar refractivity (Wildman–Crippen MR) is 73.4 cm³/mol. The van der Waals surface area contributed by atoms with Gasteiger partial charge < -0.3 is 9.47 Å². The molecular weight excluding hydrogens is 273 g/mol. The average Bonchev–Trinajstić information content (AvgIpc) is 3.25. The highest BCUT2D eigenvalue weighted by Gasteiger charge is 2.62. The summed E-state index contributed by atoms with van der Waals surface area (Å²) in [6.45, 7) is 0. The molecule has 4 nitrogen and oxygen atoms in total. The molecule has 0 spiro atoms. The second kappa shape index (κ2) is 4.78. The lowest BCUT2D eigenvalue weighted by molar-refractivity contribution is -0.160. The number of nitrogens with zero attached hydrogens (tertiary/aromatic N) is 1. The van der Waals surface area contributed by atoms with Crippen molar-refractivity contribution in [3.05, 3.63) is 35.9 Å². The van der Waals surface area contributed by atoms with Crippen LogP contribution in [0.1, 0.15) is 24.6 Å². The molecule has 1 aromatic rings. The van der Waals surface area contributed by atoms with Crippen LogP contribution in [0.2, 0.25) is 0 Å². The van der Waals surface area contributed by atoms with Gasteiger partial charge in [-0.3, -0.25) is 4.90 Å². The Hall–Kier alpha value is -1.46. The summed E-state index contributed by atoms with van der Waals surface area (Å²) in [5.74, 6) is -0.773. The van der Waals surface area contributed by atoms with Crippen molar-refractivity contribution in [3.63, 3.8) is 0 Å². The Bertz CT molecular complexity index is 534. The number of epoxide rings is 1. The molecule has 3 aliphatic rings. The van der Waals surface area contributed by atoms with Crippen LogP contribution in [0.3, 0.4) is 0 Å². The molecule has 5 heteroatoms. The lowest BCUT2D eigenvalue weighted by Crippen LogP contribution is -2.48. The van der Waals surface area contributed by atoms with Gasteiger partial charge in [-0.05, 0) is 12.6 Å². The highest BCUT2D eigenvalue weighted by Crippen LogP contribution is 2.48. The number of rotatable bonds is 3. The molecule has 21 heavy (non-hydrogen) atoms. The molecule has 1 aromatic carbocycles.